The zero-order valence-corrected chi connectivity index (χ0v) is 9.41. The monoisotopic (exact) mass is 219 g/mol. The Kier molecular flexibility index (Phi) is 2.74. The Balaban J connectivity index is 1.78. The minimum atomic E-state index is 0.537. The molecule has 1 saturated carbocycles. The highest BCUT2D eigenvalue weighted by Gasteiger charge is 2.23. The Morgan fingerprint density at radius 1 is 1.31 bits per heavy atom. The van der Waals surface area contributed by atoms with E-state index >= 15 is 0 Å². The van der Waals surface area contributed by atoms with E-state index in [9.17, 15) is 0 Å². The molecule has 0 spiro atoms. The van der Waals surface area contributed by atoms with Crippen molar-refractivity contribution in [2.45, 2.75) is 38.0 Å². The molecule has 86 valence electrons. The third-order valence-electron chi connectivity index (χ3n) is 3.46. The van der Waals surface area contributed by atoms with E-state index in [1.165, 1.54) is 25.7 Å². The van der Waals surface area contributed by atoms with Crippen LogP contribution in [0.2, 0.25) is 0 Å². The molecule has 2 heterocycles. The van der Waals surface area contributed by atoms with E-state index in [2.05, 4.69) is 21.5 Å². The zero-order chi connectivity index (χ0) is 10.8. The van der Waals surface area contributed by atoms with Crippen molar-refractivity contribution in [1.29, 1.82) is 0 Å². The van der Waals surface area contributed by atoms with Gasteiger partial charge in [0.2, 0.25) is 0 Å². The quantitative estimate of drug-likeness (QED) is 0.827. The van der Waals surface area contributed by atoms with E-state index in [-0.39, 0.29) is 0 Å². The summed E-state index contributed by atoms with van der Waals surface area (Å²) in [7, 11) is 0. The second-order valence-electron chi connectivity index (χ2n) is 4.63. The molecule has 1 aromatic rings. The molecule has 0 unspecified atom stereocenters. The molecule has 0 aromatic carbocycles. The summed E-state index contributed by atoms with van der Waals surface area (Å²) in [6, 6.07) is 0. The third-order valence-corrected chi connectivity index (χ3v) is 3.46. The predicted molar refractivity (Wildman–Crippen MR) is 61.0 cm³/mol. The Bertz CT molecular complexity index is 391. The Labute approximate surface area is 95.1 Å². The summed E-state index contributed by atoms with van der Waals surface area (Å²) in [5.74, 6) is 2.17. The second-order valence-corrected chi connectivity index (χ2v) is 4.63. The number of hydrogen-bond donors (Lipinski definition) is 1. The molecule has 1 aliphatic heterocycles. The summed E-state index contributed by atoms with van der Waals surface area (Å²) in [6.45, 7) is 1.90. The van der Waals surface area contributed by atoms with Gasteiger partial charge in [0, 0.05) is 18.0 Å². The van der Waals surface area contributed by atoms with Crippen LogP contribution in [0.4, 0.5) is 0 Å². The molecule has 0 saturated heterocycles. The van der Waals surface area contributed by atoms with E-state index in [0.717, 1.165) is 30.9 Å². The maximum absolute atomic E-state index is 5.35. The van der Waals surface area contributed by atoms with E-state index in [1.807, 2.05) is 0 Å². The molecule has 1 fully saturated rings. The minimum Gasteiger partial charge on any atom is -0.334 e. The molecule has 0 radical (unpaired) electrons. The van der Waals surface area contributed by atoms with Crippen LogP contribution >= 0.6 is 0 Å². The fourth-order valence-electron chi connectivity index (χ4n) is 2.52. The lowest BCUT2D eigenvalue weighted by atomic mass is 10.1. The highest BCUT2D eigenvalue weighted by Crippen LogP contribution is 2.32. The van der Waals surface area contributed by atoms with Gasteiger partial charge in [-0.2, -0.15) is 4.98 Å². The van der Waals surface area contributed by atoms with Crippen molar-refractivity contribution in [1.82, 2.24) is 15.5 Å². The highest BCUT2D eigenvalue weighted by atomic mass is 16.5. The van der Waals surface area contributed by atoms with Gasteiger partial charge in [0.15, 0.2) is 5.82 Å². The minimum absolute atomic E-state index is 0.537. The van der Waals surface area contributed by atoms with Gasteiger partial charge in [-0.05, 0) is 25.8 Å². The van der Waals surface area contributed by atoms with Crippen molar-refractivity contribution in [2.24, 2.45) is 0 Å². The molecule has 3 rings (SSSR count). The van der Waals surface area contributed by atoms with Gasteiger partial charge in [-0.15, -0.1) is 0 Å². The normalized spacial score (nSPS) is 22.4. The molecular formula is C12H17N3O. The summed E-state index contributed by atoms with van der Waals surface area (Å²) in [6.07, 6.45) is 8.29. The Morgan fingerprint density at radius 2 is 2.19 bits per heavy atom. The lowest BCUT2D eigenvalue weighted by Gasteiger charge is -2.09. The first-order chi connectivity index (χ1) is 7.93. The van der Waals surface area contributed by atoms with Crippen LogP contribution in [0.5, 0.6) is 0 Å². The number of nitrogens with zero attached hydrogens (tertiary/aromatic N) is 2. The SMILES string of the molecule is C1=C(c2nc(C3CCCC3)no2)CNCC1. The number of hydrogen-bond acceptors (Lipinski definition) is 4. The fraction of sp³-hybridized carbons (Fsp3) is 0.667. The van der Waals surface area contributed by atoms with Crippen LogP contribution in [0, 0.1) is 0 Å². The van der Waals surface area contributed by atoms with Gasteiger partial charge in [0.25, 0.3) is 5.89 Å². The van der Waals surface area contributed by atoms with Gasteiger partial charge in [-0.25, -0.2) is 0 Å². The van der Waals surface area contributed by atoms with Crippen LogP contribution in [0.3, 0.4) is 0 Å². The Morgan fingerprint density at radius 3 is 2.94 bits per heavy atom. The first-order valence-electron chi connectivity index (χ1n) is 6.17. The summed E-state index contributed by atoms with van der Waals surface area (Å²) in [5.41, 5.74) is 1.16. The maximum atomic E-state index is 5.35. The van der Waals surface area contributed by atoms with E-state index in [0.29, 0.717) is 11.8 Å². The largest absolute Gasteiger partial charge is 0.334 e. The lowest BCUT2D eigenvalue weighted by Crippen LogP contribution is -2.21. The predicted octanol–water partition coefficient (Wildman–Crippen LogP) is 2.10. The van der Waals surface area contributed by atoms with Gasteiger partial charge in [-0.1, -0.05) is 24.1 Å². The molecule has 1 aliphatic carbocycles. The average Bonchev–Trinajstić information content (AvgIpc) is 3.01. The zero-order valence-electron chi connectivity index (χ0n) is 9.41. The smallest absolute Gasteiger partial charge is 0.254 e. The van der Waals surface area contributed by atoms with Gasteiger partial charge in [0.05, 0.1) is 0 Å². The summed E-state index contributed by atoms with van der Waals surface area (Å²) < 4.78 is 5.35. The first-order valence-corrected chi connectivity index (χ1v) is 6.17. The van der Waals surface area contributed by atoms with Crippen molar-refractivity contribution < 1.29 is 4.52 Å². The summed E-state index contributed by atoms with van der Waals surface area (Å²) in [5, 5.41) is 7.43. The molecule has 2 aliphatic rings. The molecule has 0 amide bonds. The van der Waals surface area contributed by atoms with Crippen molar-refractivity contribution >= 4 is 5.57 Å². The standard InChI is InChI=1S/C12H17N3O/c1-2-5-9(4-1)11-14-12(16-15-11)10-6-3-7-13-8-10/h6,9,13H,1-5,7-8H2. The first kappa shape index (κ1) is 10.0. The summed E-state index contributed by atoms with van der Waals surface area (Å²) in [4.78, 5) is 4.53. The molecule has 0 atom stereocenters. The second kappa shape index (κ2) is 4.37. The maximum Gasteiger partial charge on any atom is 0.254 e. The van der Waals surface area contributed by atoms with Crippen LogP contribution in [0.15, 0.2) is 10.6 Å². The molecule has 16 heavy (non-hydrogen) atoms. The van der Waals surface area contributed by atoms with Crippen LogP contribution in [0.1, 0.15) is 49.7 Å². The Hall–Kier alpha value is -1.16. The van der Waals surface area contributed by atoms with Crippen LogP contribution in [0.25, 0.3) is 5.57 Å². The number of aromatic nitrogens is 2. The molecule has 4 heteroatoms. The van der Waals surface area contributed by atoms with E-state index in [4.69, 9.17) is 4.52 Å². The molecule has 1 aromatic heterocycles. The lowest BCUT2D eigenvalue weighted by molar-refractivity contribution is 0.393. The van der Waals surface area contributed by atoms with Crippen molar-refractivity contribution in [2.75, 3.05) is 13.1 Å². The topological polar surface area (TPSA) is 51.0 Å². The van der Waals surface area contributed by atoms with Crippen molar-refractivity contribution in [3.63, 3.8) is 0 Å². The van der Waals surface area contributed by atoms with E-state index in [1.54, 1.807) is 0 Å². The third kappa shape index (κ3) is 1.89. The van der Waals surface area contributed by atoms with Crippen LogP contribution in [-0.4, -0.2) is 23.2 Å². The molecule has 4 nitrogen and oxygen atoms in total. The van der Waals surface area contributed by atoms with Crippen molar-refractivity contribution in [3.05, 3.63) is 17.8 Å². The highest BCUT2D eigenvalue weighted by molar-refractivity contribution is 5.60. The molecule has 1 N–H and O–H groups in total. The van der Waals surface area contributed by atoms with Crippen LogP contribution < -0.4 is 5.32 Å². The van der Waals surface area contributed by atoms with Gasteiger partial charge < -0.3 is 9.84 Å². The van der Waals surface area contributed by atoms with Crippen LogP contribution in [-0.2, 0) is 0 Å². The number of nitrogens with one attached hydrogen (secondary N) is 1. The van der Waals surface area contributed by atoms with Gasteiger partial charge in [-0.3, -0.25) is 0 Å². The number of rotatable bonds is 2. The fourth-order valence-corrected chi connectivity index (χ4v) is 2.52. The summed E-state index contributed by atoms with van der Waals surface area (Å²) >= 11 is 0. The van der Waals surface area contributed by atoms with Gasteiger partial charge >= 0.3 is 0 Å². The molecule has 0 bridgehead atoms. The van der Waals surface area contributed by atoms with Gasteiger partial charge in [0.1, 0.15) is 0 Å². The molecular weight excluding hydrogens is 202 g/mol. The average molecular weight is 219 g/mol. The van der Waals surface area contributed by atoms with E-state index < -0.39 is 0 Å². The van der Waals surface area contributed by atoms with Crippen molar-refractivity contribution in [3.8, 4) is 0 Å².